The van der Waals surface area contributed by atoms with Gasteiger partial charge in [0.2, 0.25) is 17.7 Å². The van der Waals surface area contributed by atoms with Crippen molar-refractivity contribution in [3.63, 3.8) is 0 Å². The van der Waals surface area contributed by atoms with Gasteiger partial charge in [-0.15, -0.1) is 0 Å². The van der Waals surface area contributed by atoms with E-state index in [2.05, 4.69) is 20.9 Å². The first-order valence-corrected chi connectivity index (χ1v) is 15.5. The van der Waals surface area contributed by atoms with Crippen molar-refractivity contribution in [3.8, 4) is 0 Å². The highest BCUT2D eigenvalue weighted by Crippen LogP contribution is 2.19. The highest BCUT2D eigenvalue weighted by molar-refractivity contribution is 7.98. The van der Waals surface area contributed by atoms with E-state index >= 15 is 0 Å². The molecule has 0 aliphatic rings. The highest BCUT2D eigenvalue weighted by atomic mass is 32.2. The summed E-state index contributed by atoms with van der Waals surface area (Å²) in [6, 6.07) is 12.9. The Morgan fingerprint density at radius 1 is 0.905 bits per heavy atom. The van der Waals surface area contributed by atoms with Crippen molar-refractivity contribution >= 4 is 46.4 Å². The van der Waals surface area contributed by atoms with Crippen LogP contribution in [0.3, 0.4) is 0 Å². The minimum absolute atomic E-state index is 0.0674. The van der Waals surface area contributed by atoms with Crippen LogP contribution in [0.2, 0.25) is 0 Å². The van der Waals surface area contributed by atoms with Crippen molar-refractivity contribution < 1.29 is 24.3 Å². The van der Waals surface area contributed by atoms with E-state index in [9.17, 15) is 24.3 Å². The minimum atomic E-state index is -1.21. The summed E-state index contributed by atoms with van der Waals surface area (Å²) in [6.45, 7) is 3.69. The van der Waals surface area contributed by atoms with Crippen LogP contribution >= 0.6 is 11.8 Å². The van der Waals surface area contributed by atoms with Gasteiger partial charge in [-0.1, -0.05) is 68.8 Å². The molecule has 3 amide bonds. The molecule has 0 bridgehead atoms. The van der Waals surface area contributed by atoms with E-state index in [4.69, 9.17) is 5.73 Å². The van der Waals surface area contributed by atoms with Crippen molar-refractivity contribution in [1.82, 2.24) is 20.9 Å². The molecule has 42 heavy (non-hydrogen) atoms. The van der Waals surface area contributed by atoms with Crippen LogP contribution in [0.25, 0.3) is 10.9 Å². The fourth-order valence-corrected chi connectivity index (χ4v) is 5.15. The number of amides is 3. The molecule has 0 saturated carbocycles. The number of hydrogen-bond donors (Lipinski definition) is 6. The van der Waals surface area contributed by atoms with E-state index in [1.165, 1.54) is 11.8 Å². The number of para-hydroxylation sites is 1. The van der Waals surface area contributed by atoms with E-state index < -0.39 is 47.9 Å². The van der Waals surface area contributed by atoms with E-state index in [1.807, 2.05) is 74.7 Å². The summed E-state index contributed by atoms with van der Waals surface area (Å²) in [5.41, 5.74) is 8.68. The van der Waals surface area contributed by atoms with Gasteiger partial charge in [-0.25, -0.2) is 4.79 Å². The Labute approximate surface area is 250 Å². The molecule has 7 N–H and O–H groups in total. The van der Waals surface area contributed by atoms with Gasteiger partial charge in [0, 0.05) is 23.5 Å². The Hall–Kier alpha value is -3.83. The topological polar surface area (TPSA) is 166 Å². The third-order valence-electron chi connectivity index (χ3n) is 7.39. The van der Waals surface area contributed by atoms with E-state index in [-0.39, 0.29) is 12.3 Å². The number of H-pyrrole nitrogens is 1. The quantitative estimate of drug-likeness (QED) is 0.148. The molecule has 1 aromatic heterocycles. The predicted molar refractivity (Wildman–Crippen MR) is 166 cm³/mol. The maximum atomic E-state index is 13.4. The average molecular weight is 596 g/mol. The summed E-state index contributed by atoms with van der Waals surface area (Å²) in [4.78, 5) is 55.1. The van der Waals surface area contributed by atoms with Gasteiger partial charge in [-0.3, -0.25) is 14.4 Å². The van der Waals surface area contributed by atoms with E-state index in [1.54, 1.807) is 6.20 Å². The van der Waals surface area contributed by atoms with Gasteiger partial charge in [0.1, 0.15) is 18.1 Å². The monoisotopic (exact) mass is 595 g/mol. The van der Waals surface area contributed by atoms with Gasteiger partial charge in [-0.05, 0) is 48.0 Å². The number of carbonyl (C=O) groups excluding carboxylic acids is 3. The van der Waals surface area contributed by atoms with Gasteiger partial charge >= 0.3 is 5.97 Å². The third kappa shape index (κ3) is 9.09. The Kier molecular flexibility index (Phi) is 12.4. The fraction of sp³-hybridized carbons (Fsp3) is 0.419. The van der Waals surface area contributed by atoms with Crippen LogP contribution < -0.4 is 21.7 Å². The summed E-state index contributed by atoms with van der Waals surface area (Å²) in [7, 11) is 0. The number of nitrogens with one attached hydrogen (secondary N) is 4. The van der Waals surface area contributed by atoms with Crippen LogP contribution in [0.15, 0.2) is 60.8 Å². The van der Waals surface area contributed by atoms with Gasteiger partial charge in [-0.2, -0.15) is 11.8 Å². The molecule has 0 aliphatic heterocycles. The second-order valence-electron chi connectivity index (χ2n) is 10.5. The number of benzene rings is 2. The Bertz CT molecular complexity index is 1350. The summed E-state index contributed by atoms with van der Waals surface area (Å²) in [5, 5.41) is 19.0. The van der Waals surface area contributed by atoms with Crippen molar-refractivity contribution in [3.05, 3.63) is 71.9 Å². The molecule has 0 aliphatic carbocycles. The first-order valence-electron chi connectivity index (χ1n) is 14.1. The lowest BCUT2D eigenvalue weighted by Gasteiger charge is -2.28. The van der Waals surface area contributed by atoms with Crippen LogP contribution in [0.4, 0.5) is 0 Å². The second-order valence-corrected chi connectivity index (χ2v) is 11.5. The molecule has 0 spiro atoms. The number of aromatic amines is 1. The molecule has 3 aromatic rings. The summed E-state index contributed by atoms with van der Waals surface area (Å²) in [6.07, 6.45) is 4.91. The van der Waals surface area contributed by atoms with Crippen LogP contribution in [-0.2, 0) is 32.0 Å². The lowest BCUT2D eigenvalue weighted by molar-refractivity contribution is -0.142. The number of carboxylic acid groups (broad SMARTS) is 1. The summed E-state index contributed by atoms with van der Waals surface area (Å²) in [5.74, 6) is -2.46. The maximum absolute atomic E-state index is 13.4. The molecular formula is C31H41N5O5S. The first-order chi connectivity index (χ1) is 20.1. The molecule has 10 nitrogen and oxygen atoms in total. The van der Waals surface area contributed by atoms with E-state index in [0.29, 0.717) is 25.0 Å². The standard InChI is InChI=1S/C31H41N5O5S/c1-4-19(2)27(30(39)35-26(31(40)41)17-21-18-33-24-13-9-8-12-22(21)24)36-29(38)25(14-15-42-3)34-28(37)23(32)16-20-10-6-5-7-11-20/h5-13,18-19,23,25-27,33H,4,14-17,32H2,1-3H3,(H,34,37)(H,35,39)(H,36,38)(H,40,41). The van der Waals surface area contributed by atoms with Crippen LogP contribution in [-0.4, -0.2) is 70.0 Å². The maximum Gasteiger partial charge on any atom is 0.326 e. The van der Waals surface area contributed by atoms with Crippen molar-refractivity contribution in [2.45, 2.75) is 63.7 Å². The Morgan fingerprint density at radius 2 is 1.57 bits per heavy atom. The normalized spacial score (nSPS) is 14.8. The van der Waals surface area contributed by atoms with Gasteiger partial charge in [0.15, 0.2) is 0 Å². The molecule has 3 rings (SSSR count). The fourth-order valence-electron chi connectivity index (χ4n) is 4.68. The van der Waals surface area contributed by atoms with Crippen LogP contribution in [0.1, 0.15) is 37.8 Å². The number of carboxylic acids is 1. The zero-order valence-corrected chi connectivity index (χ0v) is 25.1. The molecule has 0 fully saturated rings. The largest absolute Gasteiger partial charge is 0.480 e. The SMILES string of the molecule is CCC(C)C(NC(=O)C(CCSC)NC(=O)C(N)Cc1ccccc1)C(=O)NC(Cc1c[nH]c2ccccc12)C(=O)O. The molecule has 0 radical (unpaired) electrons. The molecule has 0 saturated heterocycles. The lowest BCUT2D eigenvalue weighted by Crippen LogP contribution is -2.59. The van der Waals surface area contributed by atoms with Crippen molar-refractivity contribution in [2.75, 3.05) is 12.0 Å². The van der Waals surface area contributed by atoms with E-state index in [0.717, 1.165) is 22.0 Å². The molecule has 1 heterocycles. The number of aromatic nitrogens is 1. The Balaban J connectivity index is 1.71. The van der Waals surface area contributed by atoms with Crippen molar-refractivity contribution in [1.29, 1.82) is 0 Å². The zero-order valence-electron chi connectivity index (χ0n) is 24.3. The van der Waals surface area contributed by atoms with Gasteiger partial charge < -0.3 is 31.8 Å². The molecule has 11 heteroatoms. The smallest absolute Gasteiger partial charge is 0.326 e. The number of hydrogen-bond acceptors (Lipinski definition) is 6. The predicted octanol–water partition coefficient (Wildman–Crippen LogP) is 2.62. The zero-order chi connectivity index (χ0) is 30.6. The number of fused-ring (bicyclic) bond motifs is 1. The molecule has 5 unspecified atom stereocenters. The molecule has 5 atom stereocenters. The number of nitrogens with two attached hydrogens (primary N) is 1. The van der Waals surface area contributed by atoms with Crippen LogP contribution in [0.5, 0.6) is 0 Å². The number of rotatable bonds is 16. The number of thioether (sulfide) groups is 1. The third-order valence-corrected chi connectivity index (χ3v) is 8.03. The average Bonchev–Trinajstić information content (AvgIpc) is 3.40. The first kappa shape index (κ1) is 32.7. The Morgan fingerprint density at radius 3 is 2.24 bits per heavy atom. The number of aliphatic carboxylic acids is 1. The summed E-state index contributed by atoms with van der Waals surface area (Å²) >= 11 is 1.53. The van der Waals surface area contributed by atoms with Gasteiger partial charge in [0.25, 0.3) is 0 Å². The van der Waals surface area contributed by atoms with Crippen molar-refractivity contribution in [2.24, 2.45) is 11.7 Å². The summed E-state index contributed by atoms with van der Waals surface area (Å²) < 4.78 is 0. The van der Waals surface area contributed by atoms with Crippen LogP contribution in [0, 0.1) is 5.92 Å². The minimum Gasteiger partial charge on any atom is -0.480 e. The molecule has 2 aromatic carbocycles. The molecule has 226 valence electrons. The molecular weight excluding hydrogens is 554 g/mol. The lowest BCUT2D eigenvalue weighted by atomic mass is 9.96. The highest BCUT2D eigenvalue weighted by Gasteiger charge is 2.33. The number of carbonyl (C=O) groups is 4. The second kappa shape index (κ2) is 16.0. The van der Waals surface area contributed by atoms with Gasteiger partial charge in [0.05, 0.1) is 6.04 Å².